The molecule has 6 nitrogen and oxygen atoms in total. The minimum Gasteiger partial charge on any atom is -0.376 e. The molecule has 1 fully saturated rings. The van der Waals surface area contributed by atoms with Gasteiger partial charge in [0.05, 0.1) is 22.9 Å². The number of rotatable bonds is 5. The number of carbonyl (C=O) groups is 1. The Morgan fingerprint density at radius 1 is 1.50 bits per heavy atom. The number of aromatic nitrogens is 1. The summed E-state index contributed by atoms with van der Waals surface area (Å²) < 4.78 is 14.3. The fourth-order valence-electron chi connectivity index (χ4n) is 2.65. The Labute approximate surface area is 145 Å². The highest BCUT2D eigenvalue weighted by Crippen LogP contribution is 2.15. The van der Waals surface area contributed by atoms with Crippen LogP contribution in [0, 0.1) is 0 Å². The maximum absolute atomic E-state index is 12.1. The second kappa shape index (κ2) is 7.92. The highest BCUT2D eigenvalue weighted by atomic mass is 32.1. The smallest absolute Gasteiger partial charge is 0.268 e. The summed E-state index contributed by atoms with van der Waals surface area (Å²) in [5, 5.41) is 4.23. The van der Waals surface area contributed by atoms with Crippen LogP contribution in [0.25, 0.3) is 10.2 Å². The average molecular weight is 349 g/mol. The molecule has 1 aliphatic rings. The first-order valence-corrected chi connectivity index (χ1v) is 9.08. The van der Waals surface area contributed by atoms with E-state index in [-0.39, 0.29) is 12.0 Å². The number of nitrogens with one attached hydrogen (secondary N) is 1. The highest BCUT2D eigenvalue weighted by molar-refractivity contribution is 7.16. The number of ether oxygens (including phenoxy) is 2. The highest BCUT2D eigenvalue weighted by Gasteiger charge is 2.18. The molecular weight excluding hydrogens is 326 g/mol. The van der Waals surface area contributed by atoms with Crippen molar-refractivity contribution in [1.29, 1.82) is 0 Å². The fourth-order valence-corrected chi connectivity index (χ4v) is 3.63. The number of fused-ring (bicyclic) bond motifs is 1. The Balaban J connectivity index is 1.58. The summed E-state index contributed by atoms with van der Waals surface area (Å²) in [7, 11) is 1.93. The zero-order valence-electron chi connectivity index (χ0n) is 14.0. The standard InChI is InChI=1S/C17H23N3O3S/c1-12(23-11-13-7-5-6-10-22-13)16(21)18-19-17-20(2)14-8-3-4-9-15(14)24-17/h3-4,8-9,12-13H,5-7,10-11H2,1-2H3,(H,18,21)/t12-,13+/m0/s1. The Kier molecular flexibility index (Phi) is 5.65. The van der Waals surface area contributed by atoms with Gasteiger partial charge in [-0.25, -0.2) is 5.43 Å². The SMILES string of the molecule is C[C@H](OC[C@H]1CCCCO1)C(=O)NN=c1sc2ccccc2n1C. The maximum Gasteiger partial charge on any atom is 0.268 e. The van der Waals surface area contributed by atoms with E-state index in [1.165, 1.54) is 11.3 Å². The predicted octanol–water partition coefficient (Wildman–Crippen LogP) is 2.15. The largest absolute Gasteiger partial charge is 0.376 e. The van der Waals surface area contributed by atoms with Crippen LogP contribution in [0.15, 0.2) is 29.4 Å². The molecule has 1 N–H and O–H groups in total. The monoisotopic (exact) mass is 349 g/mol. The lowest BCUT2D eigenvalue weighted by atomic mass is 10.1. The number of aryl methyl sites for hydroxylation is 1. The Morgan fingerprint density at radius 3 is 3.08 bits per heavy atom. The number of carbonyl (C=O) groups excluding carboxylic acids is 1. The van der Waals surface area contributed by atoms with Crippen molar-refractivity contribution in [1.82, 2.24) is 9.99 Å². The third kappa shape index (κ3) is 4.03. The van der Waals surface area contributed by atoms with E-state index in [2.05, 4.69) is 10.5 Å². The molecule has 1 aromatic carbocycles. The molecule has 7 heteroatoms. The van der Waals surface area contributed by atoms with E-state index in [0.29, 0.717) is 6.61 Å². The minimum atomic E-state index is -0.557. The van der Waals surface area contributed by atoms with E-state index in [9.17, 15) is 4.79 Å². The summed E-state index contributed by atoms with van der Waals surface area (Å²) in [6.45, 7) is 2.97. The first kappa shape index (κ1) is 17.1. The van der Waals surface area contributed by atoms with Crippen LogP contribution in [0.4, 0.5) is 0 Å². The van der Waals surface area contributed by atoms with E-state index in [4.69, 9.17) is 9.47 Å². The lowest BCUT2D eigenvalue weighted by molar-refractivity contribution is -0.135. The van der Waals surface area contributed by atoms with Crippen molar-refractivity contribution >= 4 is 27.5 Å². The van der Waals surface area contributed by atoms with Crippen molar-refractivity contribution in [3.05, 3.63) is 29.1 Å². The third-order valence-electron chi connectivity index (χ3n) is 4.15. The molecule has 3 rings (SSSR count). The third-order valence-corrected chi connectivity index (χ3v) is 5.26. The molecule has 2 atom stereocenters. The Bertz CT molecular complexity index is 762. The fraction of sp³-hybridized carbons (Fsp3) is 0.529. The van der Waals surface area contributed by atoms with Crippen molar-refractivity contribution in [3.8, 4) is 0 Å². The molecule has 2 aromatic rings. The molecule has 1 amide bonds. The zero-order valence-corrected chi connectivity index (χ0v) is 14.8. The molecule has 1 aromatic heterocycles. The van der Waals surface area contributed by atoms with Gasteiger partial charge in [-0.05, 0) is 38.3 Å². The molecule has 130 valence electrons. The lowest BCUT2D eigenvalue weighted by Crippen LogP contribution is -2.35. The van der Waals surface area contributed by atoms with Crippen LogP contribution < -0.4 is 10.2 Å². The average Bonchev–Trinajstić information content (AvgIpc) is 2.95. The second-order valence-corrected chi connectivity index (χ2v) is 6.97. The Hall–Kier alpha value is -1.70. The molecule has 2 heterocycles. The quantitative estimate of drug-likeness (QED) is 0.841. The van der Waals surface area contributed by atoms with Crippen LogP contribution in [0.1, 0.15) is 26.2 Å². The lowest BCUT2D eigenvalue weighted by Gasteiger charge is -2.23. The first-order chi connectivity index (χ1) is 11.6. The summed E-state index contributed by atoms with van der Waals surface area (Å²) in [6, 6.07) is 8.05. The predicted molar refractivity (Wildman–Crippen MR) is 93.5 cm³/mol. The number of hydrogen-bond acceptors (Lipinski definition) is 5. The number of para-hydroxylation sites is 1. The van der Waals surface area contributed by atoms with Gasteiger partial charge >= 0.3 is 0 Å². The minimum absolute atomic E-state index is 0.103. The number of hydrogen-bond donors (Lipinski definition) is 1. The van der Waals surface area contributed by atoms with Crippen molar-refractivity contribution in [3.63, 3.8) is 0 Å². The van der Waals surface area contributed by atoms with E-state index in [1.54, 1.807) is 6.92 Å². The zero-order chi connectivity index (χ0) is 16.9. The van der Waals surface area contributed by atoms with Crippen LogP contribution in [-0.4, -0.2) is 35.9 Å². The molecular formula is C17H23N3O3S. The summed E-state index contributed by atoms with van der Waals surface area (Å²) in [4.78, 5) is 12.9. The van der Waals surface area contributed by atoms with E-state index in [1.807, 2.05) is 35.9 Å². The van der Waals surface area contributed by atoms with Crippen molar-refractivity contribution < 1.29 is 14.3 Å². The summed E-state index contributed by atoms with van der Waals surface area (Å²) in [6.07, 6.45) is 2.81. The second-order valence-electron chi connectivity index (χ2n) is 5.96. The Morgan fingerprint density at radius 2 is 2.33 bits per heavy atom. The molecule has 0 spiro atoms. The summed E-state index contributed by atoms with van der Waals surface area (Å²) >= 11 is 1.53. The number of nitrogens with zero attached hydrogens (tertiary/aromatic N) is 2. The molecule has 1 aliphatic heterocycles. The number of thiazole rings is 1. The van der Waals surface area contributed by atoms with Gasteiger partial charge in [-0.15, -0.1) is 5.10 Å². The molecule has 0 saturated carbocycles. The topological polar surface area (TPSA) is 64.8 Å². The summed E-state index contributed by atoms with van der Waals surface area (Å²) in [5.74, 6) is -0.247. The van der Waals surface area contributed by atoms with Crippen LogP contribution >= 0.6 is 11.3 Å². The van der Waals surface area contributed by atoms with Gasteiger partial charge in [0.2, 0.25) is 4.80 Å². The maximum atomic E-state index is 12.1. The van der Waals surface area contributed by atoms with Gasteiger partial charge in [0, 0.05) is 13.7 Å². The number of benzene rings is 1. The van der Waals surface area contributed by atoms with Crippen LogP contribution in [0.3, 0.4) is 0 Å². The van der Waals surface area contributed by atoms with E-state index >= 15 is 0 Å². The van der Waals surface area contributed by atoms with Gasteiger partial charge in [-0.1, -0.05) is 23.5 Å². The van der Waals surface area contributed by atoms with Crippen LogP contribution in [-0.2, 0) is 21.3 Å². The molecule has 0 bridgehead atoms. The molecule has 0 radical (unpaired) electrons. The van der Waals surface area contributed by atoms with Crippen LogP contribution in [0.2, 0.25) is 0 Å². The van der Waals surface area contributed by atoms with E-state index < -0.39 is 6.10 Å². The normalized spacial score (nSPS) is 20.2. The van der Waals surface area contributed by atoms with Gasteiger partial charge in [0.1, 0.15) is 6.10 Å². The van der Waals surface area contributed by atoms with Gasteiger partial charge in [0.15, 0.2) is 0 Å². The van der Waals surface area contributed by atoms with Gasteiger partial charge in [0.25, 0.3) is 5.91 Å². The molecule has 24 heavy (non-hydrogen) atoms. The molecule has 0 unspecified atom stereocenters. The van der Waals surface area contributed by atoms with Crippen molar-refractivity contribution in [2.75, 3.05) is 13.2 Å². The van der Waals surface area contributed by atoms with Crippen molar-refractivity contribution in [2.24, 2.45) is 12.1 Å². The van der Waals surface area contributed by atoms with Gasteiger partial charge in [-0.2, -0.15) is 0 Å². The van der Waals surface area contributed by atoms with Crippen molar-refractivity contribution in [2.45, 2.75) is 38.4 Å². The first-order valence-electron chi connectivity index (χ1n) is 8.26. The van der Waals surface area contributed by atoms with Crippen LogP contribution in [0.5, 0.6) is 0 Å². The summed E-state index contributed by atoms with van der Waals surface area (Å²) in [5.41, 5.74) is 3.69. The molecule has 0 aliphatic carbocycles. The molecule has 1 saturated heterocycles. The van der Waals surface area contributed by atoms with Gasteiger partial charge < -0.3 is 14.0 Å². The number of amides is 1. The van der Waals surface area contributed by atoms with E-state index in [0.717, 1.165) is 40.9 Å². The van der Waals surface area contributed by atoms with Gasteiger partial charge in [-0.3, -0.25) is 4.79 Å².